The van der Waals surface area contributed by atoms with Crippen molar-refractivity contribution in [2.24, 2.45) is 5.92 Å². The van der Waals surface area contributed by atoms with Crippen LogP contribution < -0.4 is 9.47 Å². The number of benzene rings is 2. The molecule has 1 aliphatic heterocycles. The lowest BCUT2D eigenvalue weighted by Crippen LogP contribution is -2.37. The van der Waals surface area contributed by atoms with E-state index >= 15 is 0 Å². The molecule has 180 valence electrons. The molecule has 1 amide bonds. The molecule has 1 aliphatic rings. The first-order valence-corrected chi connectivity index (χ1v) is 12.0. The SMILES string of the molecule is CCC(=O)N(CC[C@@H](c1ccccc1)[C@H]1CCOC(C)(C)C1)Cc1ccc(OC)c(OC)c1. The summed E-state index contributed by atoms with van der Waals surface area (Å²) in [5.41, 5.74) is 2.29. The molecule has 1 heterocycles. The summed E-state index contributed by atoms with van der Waals surface area (Å²) in [7, 11) is 3.27. The molecule has 0 aliphatic carbocycles. The smallest absolute Gasteiger partial charge is 0.222 e. The second-order valence-electron chi connectivity index (χ2n) is 9.53. The van der Waals surface area contributed by atoms with Crippen LogP contribution in [0.15, 0.2) is 48.5 Å². The van der Waals surface area contributed by atoms with Crippen LogP contribution >= 0.6 is 0 Å². The average molecular weight is 454 g/mol. The van der Waals surface area contributed by atoms with Crippen molar-refractivity contribution in [2.45, 2.75) is 64.5 Å². The largest absolute Gasteiger partial charge is 0.493 e. The zero-order valence-electron chi connectivity index (χ0n) is 20.8. The number of carbonyl (C=O) groups excluding carboxylic acids is 1. The minimum atomic E-state index is -0.103. The van der Waals surface area contributed by atoms with Crippen molar-refractivity contribution in [3.63, 3.8) is 0 Å². The van der Waals surface area contributed by atoms with Crippen molar-refractivity contribution in [2.75, 3.05) is 27.4 Å². The van der Waals surface area contributed by atoms with E-state index < -0.39 is 0 Å². The van der Waals surface area contributed by atoms with Gasteiger partial charge < -0.3 is 19.1 Å². The summed E-state index contributed by atoms with van der Waals surface area (Å²) in [5.74, 6) is 2.48. The summed E-state index contributed by atoms with van der Waals surface area (Å²) in [5, 5.41) is 0. The van der Waals surface area contributed by atoms with Gasteiger partial charge in [0.25, 0.3) is 0 Å². The van der Waals surface area contributed by atoms with E-state index in [4.69, 9.17) is 14.2 Å². The number of nitrogens with zero attached hydrogens (tertiary/aromatic N) is 1. The minimum absolute atomic E-state index is 0.103. The number of amides is 1. The Morgan fingerprint density at radius 1 is 1.12 bits per heavy atom. The number of hydrogen-bond donors (Lipinski definition) is 0. The summed E-state index contributed by atoms with van der Waals surface area (Å²) in [4.78, 5) is 14.9. The molecule has 0 aromatic heterocycles. The zero-order chi connectivity index (χ0) is 23.8. The standard InChI is InChI=1S/C28H39NO4/c1-6-27(30)29(20-21-12-13-25(31-4)26(18-21)32-5)16-14-24(22-10-8-7-9-11-22)23-15-17-33-28(2,3)19-23/h7-13,18,23-24H,6,14-17,19-20H2,1-5H3/t23-,24-/m0/s1. The Kier molecular flexibility index (Phi) is 8.79. The van der Waals surface area contributed by atoms with Crippen LogP contribution in [0, 0.1) is 5.92 Å². The highest BCUT2D eigenvalue weighted by Crippen LogP contribution is 2.40. The fraction of sp³-hybridized carbons (Fsp3) is 0.536. The molecule has 33 heavy (non-hydrogen) atoms. The first kappa shape index (κ1) is 25.1. The number of carbonyl (C=O) groups is 1. The third kappa shape index (κ3) is 6.73. The van der Waals surface area contributed by atoms with Crippen molar-refractivity contribution in [3.8, 4) is 11.5 Å². The topological polar surface area (TPSA) is 48.0 Å². The van der Waals surface area contributed by atoms with Crippen LogP contribution in [0.2, 0.25) is 0 Å². The lowest BCUT2D eigenvalue weighted by molar-refractivity contribution is -0.131. The molecular weight excluding hydrogens is 414 g/mol. The maximum absolute atomic E-state index is 12.9. The molecular formula is C28H39NO4. The van der Waals surface area contributed by atoms with Crippen LogP contribution in [0.3, 0.4) is 0 Å². The van der Waals surface area contributed by atoms with Crippen molar-refractivity contribution in [3.05, 3.63) is 59.7 Å². The van der Waals surface area contributed by atoms with Gasteiger partial charge in [0, 0.05) is 26.1 Å². The van der Waals surface area contributed by atoms with Gasteiger partial charge in [-0.2, -0.15) is 0 Å². The molecule has 1 fully saturated rings. The monoisotopic (exact) mass is 453 g/mol. The summed E-state index contributed by atoms with van der Waals surface area (Å²) in [6.07, 6.45) is 3.52. The summed E-state index contributed by atoms with van der Waals surface area (Å²) < 4.78 is 16.8. The van der Waals surface area contributed by atoms with Gasteiger partial charge in [0.05, 0.1) is 19.8 Å². The van der Waals surface area contributed by atoms with Gasteiger partial charge in [0.2, 0.25) is 5.91 Å². The lowest BCUT2D eigenvalue weighted by atomic mass is 9.75. The number of hydrogen-bond acceptors (Lipinski definition) is 4. The quantitative estimate of drug-likeness (QED) is 0.455. The highest BCUT2D eigenvalue weighted by molar-refractivity contribution is 5.75. The molecule has 0 saturated carbocycles. The molecule has 2 aromatic carbocycles. The molecule has 0 radical (unpaired) electrons. The summed E-state index contributed by atoms with van der Waals surface area (Å²) in [6.45, 7) is 8.38. The van der Waals surface area contributed by atoms with E-state index in [-0.39, 0.29) is 11.5 Å². The van der Waals surface area contributed by atoms with E-state index in [1.807, 2.05) is 30.0 Å². The zero-order valence-corrected chi connectivity index (χ0v) is 20.8. The van der Waals surface area contributed by atoms with Crippen LogP contribution in [-0.2, 0) is 16.1 Å². The molecule has 0 N–H and O–H groups in total. The van der Waals surface area contributed by atoms with Crippen molar-refractivity contribution in [1.29, 1.82) is 0 Å². The van der Waals surface area contributed by atoms with Crippen molar-refractivity contribution in [1.82, 2.24) is 4.90 Å². The minimum Gasteiger partial charge on any atom is -0.493 e. The van der Waals surface area contributed by atoms with Crippen LogP contribution in [0.4, 0.5) is 0 Å². The average Bonchev–Trinajstić information content (AvgIpc) is 2.82. The highest BCUT2D eigenvalue weighted by Gasteiger charge is 2.34. The van der Waals surface area contributed by atoms with Crippen molar-refractivity contribution >= 4 is 5.91 Å². The van der Waals surface area contributed by atoms with Crippen LogP contribution in [0.1, 0.15) is 63.5 Å². The van der Waals surface area contributed by atoms with Crippen LogP contribution in [0.25, 0.3) is 0 Å². The van der Waals surface area contributed by atoms with E-state index in [2.05, 4.69) is 44.2 Å². The van der Waals surface area contributed by atoms with Crippen molar-refractivity contribution < 1.29 is 19.0 Å². The van der Waals surface area contributed by atoms with Gasteiger partial charge in [0.1, 0.15) is 0 Å². The van der Waals surface area contributed by atoms with Crippen LogP contribution in [-0.4, -0.2) is 43.8 Å². The molecule has 0 spiro atoms. The number of methoxy groups -OCH3 is 2. The van der Waals surface area contributed by atoms with Gasteiger partial charge >= 0.3 is 0 Å². The number of rotatable bonds is 10. The first-order chi connectivity index (χ1) is 15.9. The molecule has 5 heteroatoms. The third-order valence-electron chi connectivity index (χ3n) is 6.72. The Balaban J connectivity index is 1.78. The molecule has 0 bridgehead atoms. The Hall–Kier alpha value is -2.53. The predicted molar refractivity (Wildman–Crippen MR) is 132 cm³/mol. The molecule has 2 aromatic rings. The Morgan fingerprint density at radius 3 is 2.48 bits per heavy atom. The fourth-order valence-electron chi connectivity index (χ4n) is 5.01. The van der Waals surface area contributed by atoms with E-state index in [1.165, 1.54) is 5.56 Å². The van der Waals surface area contributed by atoms with E-state index in [0.29, 0.717) is 36.3 Å². The first-order valence-electron chi connectivity index (χ1n) is 12.0. The van der Waals surface area contributed by atoms with Gasteiger partial charge in [-0.05, 0) is 68.2 Å². The summed E-state index contributed by atoms with van der Waals surface area (Å²) >= 11 is 0. The molecule has 5 nitrogen and oxygen atoms in total. The highest BCUT2D eigenvalue weighted by atomic mass is 16.5. The van der Waals surface area contributed by atoms with Gasteiger partial charge in [-0.1, -0.05) is 43.3 Å². The predicted octanol–water partition coefficient (Wildman–Crippen LogP) is 5.82. The molecule has 1 saturated heterocycles. The second-order valence-corrected chi connectivity index (χ2v) is 9.53. The molecule has 2 atom stereocenters. The van der Waals surface area contributed by atoms with Crippen LogP contribution in [0.5, 0.6) is 11.5 Å². The Bertz CT molecular complexity index is 896. The maximum atomic E-state index is 12.9. The Morgan fingerprint density at radius 2 is 1.85 bits per heavy atom. The Labute approximate surface area is 199 Å². The number of ether oxygens (including phenoxy) is 3. The van der Waals surface area contributed by atoms with E-state index in [9.17, 15) is 4.79 Å². The second kappa shape index (κ2) is 11.6. The molecule has 3 rings (SSSR count). The molecule has 0 unspecified atom stereocenters. The summed E-state index contributed by atoms with van der Waals surface area (Å²) in [6, 6.07) is 16.6. The maximum Gasteiger partial charge on any atom is 0.222 e. The third-order valence-corrected chi connectivity index (χ3v) is 6.72. The lowest BCUT2D eigenvalue weighted by Gasteiger charge is -2.40. The van der Waals surface area contributed by atoms with Gasteiger partial charge in [-0.25, -0.2) is 0 Å². The van der Waals surface area contributed by atoms with Gasteiger partial charge in [0.15, 0.2) is 11.5 Å². The van der Waals surface area contributed by atoms with Gasteiger partial charge in [-0.15, -0.1) is 0 Å². The van der Waals surface area contributed by atoms with E-state index in [0.717, 1.165) is 38.0 Å². The van der Waals surface area contributed by atoms with Gasteiger partial charge in [-0.3, -0.25) is 4.79 Å². The fourth-order valence-corrected chi connectivity index (χ4v) is 5.01. The normalized spacial score (nSPS) is 18.4. The van der Waals surface area contributed by atoms with E-state index in [1.54, 1.807) is 14.2 Å².